The Balaban J connectivity index is 2.24. The first-order chi connectivity index (χ1) is 10.0. The minimum absolute atomic E-state index is 0.254. The third kappa shape index (κ3) is 3.85. The maximum atomic E-state index is 6.05. The molecule has 1 atom stereocenters. The SMILES string of the molecule is CCC(N)Cc1ccc(N(C)c2cccc(C)c2)c(C)c1. The normalized spacial score (nSPS) is 12.2. The lowest BCUT2D eigenvalue weighted by Gasteiger charge is -2.23. The van der Waals surface area contributed by atoms with E-state index in [-0.39, 0.29) is 6.04 Å². The largest absolute Gasteiger partial charge is 0.344 e. The molecular weight excluding hydrogens is 256 g/mol. The molecule has 0 bridgehead atoms. The van der Waals surface area contributed by atoms with E-state index >= 15 is 0 Å². The second-order valence-electron chi connectivity index (χ2n) is 5.89. The maximum absolute atomic E-state index is 6.05. The molecule has 1 unspecified atom stereocenters. The Morgan fingerprint density at radius 3 is 2.48 bits per heavy atom. The lowest BCUT2D eigenvalue weighted by Crippen LogP contribution is -2.21. The molecule has 21 heavy (non-hydrogen) atoms. The van der Waals surface area contributed by atoms with Crippen LogP contribution in [-0.2, 0) is 6.42 Å². The van der Waals surface area contributed by atoms with Crippen LogP contribution in [0.4, 0.5) is 11.4 Å². The van der Waals surface area contributed by atoms with Gasteiger partial charge in [-0.05, 0) is 61.6 Å². The van der Waals surface area contributed by atoms with E-state index in [2.05, 4.69) is 75.2 Å². The molecule has 112 valence electrons. The van der Waals surface area contributed by atoms with Gasteiger partial charge < -0.3 is 10.6 Å². The summed E-state index contributed by atoms with van der Waals surface area (Å²) in [5.74, 6) is 0. The molecule has 0 aromatic heterocycles. The zero-order valence-electron chi connectivity index (χ0n) is 13.6. The number of benzene rings is 2. The molecule has 0 aliphatic carbocycles. The maximum Gasteiger partial charge on any atom is 0.0437 e. The van der Waals surface area contributed by atoms with E-state index < -0.39 is 0 Å². The van der Waals surface area contributed by atoms with Crippen molar-refractivity contribution in [2.24, 2.45) is 5.73 Å². The van der Waals surface area contributed by atoms with E-state index in [1.807, 2.05) is 0 Å². The molecule has 2 N–H and O–H groups in total. The Kier molecular flexibility index (Phi) is 5.03. The van der Waals surface area contributed by atoms with Crippen molar-refractivity contribution in [3.05, 3.63) is 59.2 Å². The van der Waals surface area contributed by atoms with Gasteiger partial charge in [0.15, 0.2) is 0 Å². The standard InChI is InChI=1S/C19H26N2/c1-5-17(20)13-16-9-10-19(15(3)12-16)21(4)18-8-6-7-14(2)11-18/h6-12,17H,5,13,20H2,1-4H3. The van der Waals surface area contributed by atoms with Crippen LogP contribution in [0.25, 0.3) is 0 Å². The number of hydrogen-bond donors (Lipinski definition) is 1. The van der Waals surface area contributed by atoms with Gasteiger partial charge in [0, 0.05) is 24.5 Å². The van der Waals surface area contributed by atoms with Gasteiger partial charge in [-0.3, -0.25) is 0 Å². The Morgan fingerprint density at radius 1 is 1.10 bits per heavy atom. The van der Waals surface area contributed by atoms with Crippen molar-refractivity contribution in [1.29, 1.82) is 0 Å². The quantitative estimate of drug-likeness (QED) is 0.883. The number of anilines is 2. The molecule has 0 amide bonds. The number of hydrogen-bond acceptors (Lipinski definition) is 2. The predicted molar refractivity (Wildman–Crippen MR) is 92.4 cm³/mol. The summed E-state index contributed by atoms with van der Waals surface area (Å²) in [6, 6.07) is 15.5. The summed E-state index contributed by atoms with van der Waals surface area (Å²) in [5, 5.41) is 0. The molecule has 0 radical (unpaired) electrons. The van der Waals surface area contributed by atoms with Crippen molar-refractivity contribution in [3.8, 4) is 0 Å². The van der Waals surface area contributed by atoms with Gasteiger partial charge in [0.25, 0.3) is 0 Å². The smallest absolute Gasteiger partial charge is 0.0437 e. The van der Waals surface area contributed by atoms with Gasteiger partial charge >= 0.3 is 0 Å². The van der Waals surface area contributed by atoms with Gasteiger partial charge in [0.2, 0.25) is 0 Å². The molecule has 0 aliphatic rings. The van der Waals surface area contributed by atoms with E-state index in [1.165, 1.54) is 28.1 Å². The summed E-state index contributed by atoms with van der Waals surface area (Å²) in [7, 11) is 2.12. The first-order valence-electron chi connectivity index (χ1n) is 7.66. The average molecular weight is 282 g/mol. The minimum Gasteiger partial charge on any atom is -0.344 e. The van der Waals surface area contributed by atoms with Crippen LogP contribution in [0.15, 0.2) is 42.5 Å². The second-order valence-corrected chi connectivity index (χ2v) is 5.89. The van der Waals surface area contributed by atoms with Crippen molar-refractivity contribution in [3.63, 3.8) is 0 Å². The van der Waals surface area contributed by atoms with Gasteiger partial charge in [-0.2, -0.15) is 0 Å². The van der Waals surface area contributed by atoms with Crippen LogP contribution in [0, 0.1) is 13.8 Å². The number of rotatable bonds is 5. The summed E-state index contributed by atoms with van der Waals surface area (Å²) in [5.41, 5.74) is 12.4. The highest BCUT2D eigenvalue weighted by Gasteiger charge is 2.09. The van der Waals surface area contributed by atoms with Crippen LogP contribution >= 0.6 is 0 Å². The van der Waals surface area contributed by atoms with E-state index in [0.717, 1.165) is 12.8 Å². The summed E-state index contributed by atoms with van der Waals surface area (Å²) in [4.78, 5) is 2.24. The van der Waals surface area contributed by atoms with Crippen LogP contribution in [-0.4, -0.2) is 13.1 Å². The zero-order valence-corrected chi connectivity index (χ0v) is 13.6. The van der Waals surface area contributed by atoms with E-state index in [4.69, 9.17) is 5.73 Å². The van der Waals surface area contributed by atoms with Crippen LogP contribution in [0.3, 0.4) is 0 Å². The van der Waals surface area contributed by atoms with Crippen molar-refractivity contribution >= 4 is 11.4 Å². The van der Waals surface area contributed by atoms with Crippen LogP contribution in [0.2, 0.25) is 0 Å². The molecule has 0 saturated heterocycles. The summed E-state index contributed by atoms with van der Waals surface area (Å²) in [6.45, 7) is 6.43. The molecule has 0 saturated carbocycles. The summed E-state index contributed by atoms with van der Waals surface area (Å²) in [6.07, 6.45) is 1.97. The van der Waals surface area contributed by atoms with Crippen LogP contribution < -0.4 is 10.6 Å². The van der Waals surface area contributed by atoms with Crippen LogP contribution in [0.5, 0.6) is 0 Å². The minimum atomic E-state index is 0.254. The van der Waals surface area contributed by atoms with Gasteiger partial charge in [0.05, 0.1) is 0 Å². The monoisotopic (exact) mass is 282 g/mol. The fourth-order valence-corrected chi connectivity index (χ4v) is 2.64. The van der Waals surface area contributed by atoms with Gasteiger partial charge in [0.1, 0.15) is 0 Å². The first kappa shape index (κ1) is 15.6. The molecule has 2 heteroatoms. The lowest BCUT2D eigenvalue weighted by molar-refractivity contribution is 0.646. The Hall–Kier alpha value is -1.80. The molecule has 2 rings (SSSR count). The number of nitrogens with two attached hydrogens (primary N) is 1. The molecule has 2 nitrogen and oxygen atoms in total. The molecular formula is C19H26N2. The molecule has 0 fully saturated rings. The van der Waals surface area contributed by atoms with Gasteiger partial charge in [-0.15, -0.1) is 0 Å². The molecule has 0 aliphatic heterocycles. The van der Waals surface area contributed by atoms with Crippen molar-refractivity contribution in [2.45, 2.75) is 39.7 Å². The fraction of sp³-hybridized carbons (Fsp3) is 0.368. The van der Waals surface area contributed by atoms with E-state index in [0.29, 0.717) is 0 Å². The van der Waals surface area contributed by atoms with Crippen molar-refractivity contribution in [2.75, 3.05) is 11.9 Å². The number of nitrogens with zero attached hydrogens (tertiary/aromatic N) is 1. The van der Waals surface area contributed by atoms with Gasteiger partial charge in [-0.1, -0.05) is 31.2 Å². The third-order valence-electron chi connectivity index (χ3n) is 4.03. The Morgan fingerprint density at radius 2 is 1.86 bits per heavy atom. The van der Waals surface area contributed by atoms with E-state index in [9.17, 15) is 0 Å². The van der Waals surface area contributed by atoms with Crippen LogP contribution in [0.1, 0.15) is 30.0 Å². The first-order valence-corrected chi connectivity index (χ1v) is 7.66. The predicted octanol–water partition coefficient (Wildman–Crippen LogP) is 4.35. The lowest BCUT2D eigenvalue weighted by atomic mass is 10.0. The highest BCUT2D eigenvalue weighted by molar-refractivity contribution is 5.66. The molecule has 2 aromatic carbocycles. The van der Waals surface area contributed by atoms with Crippen molar-refractivity contribution < 1.29 is 0 Å². The Bertz CT molecular complexity index is 604. The molecule has 2 aromatic rings. The summed E-state index contributed by atoms with van der Waals surface area (Å²) >= 11 is 0. The second kappa shape index (κ2) is 6.77. The zero-order chi connectivity index (χ0) is 15.4. The summed E-state index contributed by atoms with van der Waals surface area (Å²) < 4.78 is 0. The fourth-order valence-electron chi connectivity index (χ4n) is 2.64. The number of aryl methyl sites for hydroxylation is 2. The molecule has 0 heterocycles. The average Bonchev–Trinajstić information content (AvgIpc) is 2.46. The third-order valence-corrected chi connectivity index (χ3v) is 4.03. The van der Waals surface area contributed by atoms with Crippen molar-refractivity contribution in [1.82, 2.24) is 0 Å². The van der Waals surface area contributed by atoms with E-state index in [1.54, 1.807) is 0 Å². The Labute approximate surface area is 128 Å². The van der Waals surface area contributed by atoms with Gasteiger partial charge in [-0.25, -0.2) is 0 Å². The topological polar surface area (TPSA) is 29.3 Å². The highest BCUT2D eigenvalue weighted by Crippen LogP contribution is 2.28. The molecule has 0 spiro atoms. The highest BCUT2D eigenvalue weighted by atomic mass is 15.1.